The Balaban J connectivity index is 1.73. The number of hydrogen-bond donors (Lipinski definition) is 1. The molecule has 0 aliphatic rings. The third-order valence-corrected chi connectivity index (χ3v) is 6.06. The van der Waals surface area contributed by atoms with Crippen LogP contribution in [0.5, 0.6) is 5.75 Å². The van der Waals surface area contributed by atoms with E-state index in [1.54, 1.807) is 48.8 Å². The summed E-state index contributed by atoms with van der Waals surface area (Å²) in [6.07, 6.45) is -3.34. The number of nitrogens with one attached hydrogen (secondary N) is 1. The van der Waals surface area contributed by atoms with Gasteiger partial charge < -0.3 is 10.1 Å². The van der Waals surface area contributed by atoms with Crippen LogP contribution < -0.4 is 10.1 Å². The molecule has 2 aromatic carbocycles. The first-order valence-electron chi connectivity index (χ1n) is 10.2. The zero-order chi connectivity index (χ0) is 24.9. The van der Waals surface area contributed by atoms with Gasteiger partial charge in [-0.3, -0.25) is 9.36 Å². The number of carbonyl (C=O) groups is 1. The molecule has 0 saturated heterocycles. The van der Waals surface area contributed by atoms with Crippen LogP contribution in [0, 0.1) is 0 Å². The molecule has 34 heavy (non-hydrogen) atoms. The van der Waals surface area contributed by atoms with Gasteiger partial charge in [-0.25, -0.2) is 0 Å². The number of aromatic nitrogens is 3. The first-order valence-corrected chi connectivity index (χ1v) is 11.5. The van der Waals surface area contributed by atoms with Gasteiger partial charge in [0.15, 0.2) is 17.1 Å². The third-order valence-electron chi connectivity index (χ3n) is 4.67. The topological polar surface area (TPSA) is 69.0 Å². The molecule has 0 aliphatic carbocycles. The Morgan fingerprint density at radius 1 is 1.24 bits per heavy atom. The number of allylic oxidation sites excluding steroid dienone is 1. The van der Waals surface area contributed by atoms with Gasteiger partial charge in [0.2, 0.25) is 5.91 Å². The van der Waals surface area contributed by atoms with E-state index in [1.165, 1.54) is 12.1 Å². The van der Waals surface area contributed by atoms with Gasteiger partial charge >= 0.3 is 6.18 Å². The average molecular weight is 511 g/mol. The van der Waals surface area contributed by atoms with Crippen LogP contribution >= 0.6 is 23.4 Å². The molecule has 1 heterocycles. The van der Waals surface area contributed by atoms with Gasteiger partial charge in [-0.15, -0.1) is 16.8 Å². The summed E-state index contributed by atoms with van der Waals surface area (Å²) in [5.74, 6) is 0.528. The molecule has 3 aromatic rings. The van der Waals surface area contributed by atoms with Crippen LogP contribution in [0.25, 0.3) is 0 Å². The minimum Gasteiger partial charge on any atom is -0.481 e. The number of amides is 1. The van der Waals surface area contributed by atoms with Gasteiger partial charge in [0.25, 0.3) is 0 Å². The first kappa shape index (κ1) is 25.6. The minimum absolute atomic E-state index is 0.0577. The van der Waals surface area contributed by atoms with Crippen molar-refractivity contribution in [3.63, 3.8) is 0 Å². The fraction of sp³-hybridized carbons (Fsp3) is 0.261. The molecule has 2 unspecified atom stereocenters. The lowest BCUT2D eigenvalue weighted by Crippen LogP contribution is -2.23. The molecule has 1 N–H and O–H groups in total. The van der Waals surface area contributed by atoms with Crippen LogP contribution in [0.15, 0.2) is 66.3 Å². The lowest BCUT2D eigenvalue weighted by atomic mass is 10.2. The Morgan fingerprint density at radius 3 is 2.65 bits per heavy atom. The van der Waals surface area contributed by atoms with Crippen LogP contribution in [0.4, 0.5) is 18.9 Å². The van der Waals surface area contributed by atoms with Crippen molar-refractivity contribution in [1.29, 1.82) is 0 Å². The van der Waals surface area contributed by atoms with E-state index in [9.17, 15) is 18.0 Å². The van der Waals surface area contributed by atoms with Gasteiger partial charge in [0.05, 0.1) is 15.8 Å². The average Bonchev–Trinajstić information content (AvgIpc) is 3.17. The highest BCUT2D eigenvalue weighted by Crippen LogP contribution is 2.32. The van der Waals surface area contributed by atoms with Crippen LogP contribution in [-0.4, -0.2) is 25.9 Å². The van der Waals surface area contributed by atoms with Gasteiger partial charge in [-0.1, -0.05) is 47.6 Å². The van der Waals surface area contributed by atoms with Crippen molar-refractivity contribution in [2.75, 3.05) is 5.32 Å². The molecular weight excluding hydrogens is 489 g/mol. The number of hydrogen-bond acceptors (Lipinski definition) is 5. The maximum Gasteiger partial charge on any atom is 0.416 e. The van der Waals surface area contributed by atoms with Crippen molar-refractivity contribution >= 4 is 35.0 Å². The molecule has 3 rings (SSSR count). The lowest BCUT2D eigenvalue weighted by Gasteiger charge is -2.17. The zero-order valence-electron chi connectivity index (χ0n) is 18.3. The van der Waals surface area contributed by atoms with Gasteiger partial charge in [0, 0.05) is 12.2 Å². The van der Waals surface area contributed by atoms with Crippen LogP contribution in [-0.2, 0) is 17.5 Å². The Kier molecular flexibility index (Phi) is 8.27. The van der Waals surface area contributed by atoms with E-state index in [4.69, 9.17) is 16.3 Å². The summed E-state index contributed by atoms with van der Waals surface area (Å²) in [7, 11) is 0. The molecular formula is C23H22ClF3N4O2S. The fourth-order valence-corrected chi connectivity index (χ4v) is 4.05. The highest BCUT2D eigenvalue weighted by molar-refractivity contribution is 8.00. The molecule has 0 fully saturated rings. The summed E-state index contributed by atoms with van der Waals surface area (Å²) in [6, 6.07) is 11.5. The van der Waals surface area contributed by atoms with E-state index >= 15 is 0 Å². The standard InChI is InChI=1S/C23H22ClF3N4O2S/c1-4-12-31-20(14(2)33-19-11-6-5-10-18(19)24)29-30-22(31)34-15(3)21(32)28-17-9-7-8-16(13-17)23(25,26)27/h4-11,13-15H,1,12H2,2-3H3,(H,28,32). The molecule has 0 aliphatic heterocycles. The Labute approximate surface area is 204 Å². The monoisotopic (exact) mass is 510 g/mol. The second-order valence-corrected chi connectivity index (χ2v) is 8.97. The Morgan fingerprint density at radius 2 is 1.97 bits per heavy atom. The maximum atomic E-state index is 12.9. The van der Waals surface area contributed by atoms with Crippen LogP contribution in [0.1, 0.15) is 31.3 Å². The summed E-state index contributed by atoms with van der Waals surface area (Å²) >= 11 is 7.29. The van der Waals surface area contributed by atoms with Crippen molar-refractivity contribution in [1.82, 2.24) is 14.8 Å². The number of anilines is 1. The summed E-state index contributed by atoms with van der Waals surface area (Å²) in [4.78, 5) is 12.6. The SMILES string of the molecule is C=CCn1c(SC(C)C(=O)Nc2cccc(C(F)(F)F)c2)nnc1C(C)Oc1ccccc1Cl. The van der Waals surface area contributed by atoms with Gasteiger partial charge in [-0.05, 0) is 44.2 Å². The van der Waals surface area contributed by atoms with E-state index < -0.39 is 29.0 Å². The largest absolute Gasteiger partial charge is 0.481 e. The molecule has 2 atom stereocenters. The van der Waals surface area contributed by atoms with E-state index in [0.717, 1.165) is 23.9 Å². The number of halogens is 4. The van der Waals surface area contributed by atoms with E-state index in [-0.39, 0.29) is 5.69 Å². The molecule has 1 amide bonds. The molecule has 180 valence electrons. The van der Waals surface area contributed by atoms with Gasteiger partial charge in [0.1, 0.15) is 5.75 Å². The molecule has 11 heteroatoms. The summed E-state index contributed by atoms with van der Waals surface area (Å²) in [6.45, 7) is 7.54. The molecule has 0 spiro atoms. The predicted octanol–water partition coefficient (Wildman–Crippen LogP) is 6.40. The first-order chi connectivity index (χ1) is 16.1. The number of ether oxygens (including phenoxy) is 1. The molecule has 0 saturated carbocycles. The third kappa shape index (κ3) is 6.32. The Bertz CT molecular complexity index is 1170. The lowest BCUT2D eigenvalue weighted by molar-refractivity contribution is -0.137. The number of carbonyl (C=O) groups excluding carboxylic acids is 1. The predicted molar refractivity (Wildman–Crippen MR) is 126 cm³/mol. The van der Waals surface area contributed by atoms with E-state index in [0.29, 0.717) is 28.3 Å². The smallest absolute Gasteiger partial charge is 0.416 e. The minimum atomic E-state index is -4.50. The van der Waals surface area contributed by atoms with Crippen LogP contribution in [0.3, 0.4) is 0 Å². The zero-order valence-corrected chi connectivity index (χ0v) is 19.9. The highest BCUT2D eigenvalue weighted by atomic mass is 35.5. The van der Waals surface area contributed by atoms with Crippen molar-refractivity contribution in [2.24, 2.45) is 0 Å². The number of alkyl halides is 3. The van der Waals surface area contributed by atoms with Crippen molar-refractivity contribution in [3.8, 4) is 5.75 Å². The molecule has 0 bridgehead atoms. The Hall–Kier alpha value is -2.98. The van der Waals surface area contributed by atoms with E-state index in [2.05, 4.69) is 22.1 Å². The number of benzene rings is 2. The summed E-state index contributed by atoms with van der Waals surface area (Å²) in [5, 5.41) is 11.1. The number of thioether (sulfide) groups is 1. The van der Waals surface area contributed by atoms with Gasteiger partial charge in [-0.2, -0.15) is 13.2 Å². The molecule has 1 aromatic heterocycles. The van der Waals surface area contributed by atoms with Crippen molar-refractivity contribution < 1.29 is 22.7 Å². The second kappa shape index (κ2) is 11.0. The van der Waals surface area contributed by atoms with Crippen LogP contribution in [0.2, 0.25) is 5.02 Å². The number of nitrogens with zero attached hydrogens (tertiary/aromatic N) is 3. The van der Waals surface area contributed by atoms with Crippen molar-refractivity contribution in [3.05, 3.63) is 77.6 Å². The molecule has 6 nitrogen and oxygen atoms in total. The summed E-state index contributed by atoms with van der Waals surface area (Å²) in [5.41, 5.74) is -0.782. The second-order valence-electron chi connectivity index (χ2n) is 7.26. The highest BCUT2D eigenvalue weighted by Gasteiger charge is 2.31. The number of para-hydroxylation sites is 1. The summed E-state index contributed by atoms with van der Waals surface area (Å²) < 4.78 is 46.5. The number of rotatable bonds is 9. The van der Waals surface area contributed by atoms with E-state index in [1.807, 2.05) is 0 Å². The fourth-order valence-electron chi connectivity index (χ4n) is 3.00. The normalized spacial score (nSPS) is 13.2. The maximum absolute atomic E-state index is 12.9. The molecule has 0 radical (unpaired) electrons. The quantitative estimate of drug-likeness (QED) is 0.266. The van der Waals surface area contributed by atoms with Crippen molar-refractivity contribution in [2.45, 2.75) is 43.1 Å².